The fourth-order valence-electron chi connectivity index (χ4n) is 2.87. The zero-order chi connectivity index (χ0) is 18.1. The molecule has 1 fully saturated rings. The molecule has 1 heterocycles. The van der Waals surface area contributed by atoms with E-state index in [0.717, 1.165) is 38.0 Å². The standard InChI is InChI=1S/C19H29N3O3/c1-3-4-9-20-18(23)14-21-10-12-22(13-11-21)19(24)17-7-5-16(6-8-17)15-25-2/h5-8H,3-4,9-15H2,1-2H3,(H,20,23). The van der Waals surface area contributed by atoms with Crippen LogP contribution in [0.3, 0.4) is 0 Å². The first-order valence-electron chi connectivity index (χ1n) is 9.00. The van der Waals surface area contributed by atoms with E-state index >= 15 is 0 Å². The summed E-state index contributed by atoms with van der Waals surface area (Å²) < 4.78 is 5.09. The average molecular weight is 347 g/mol. The van der Waals surface area contributed by atoms with Crippen LogP contribution < -0.4 is 5.32 Å². The highest BCUT2D eigenvalue weighted by Crippen LogP contribution is 2.11. The van der Waals surface area contributed by atoms with Crippen LogP contribution in [0, 0.1) is 0 Å². The number of carbonyl (C=O) groups excluding carboxylic acids is 2. The molecule has 6 nitrogen and oxygen atoms in total. The predicted octanol–water partition coefficient (Wildman–Crippen LogP) is 1.51. The van der Waals surface area contributed by atoms with Gasteiger partial charge in [-0.15, -0.1) is 0 Å². The highest BCUT2D eigenvalue weighted by molar-refractivity contribution is 5.94. The molecule has 2 amide bonds. The fraction of sp³-hybridized carbons (Fsp3) is 0.579. The maximum absolute atomic E-state index is 12.6. The number of piperazine rings is 1. The number of ether oxygens (including phenoxy) is 1. The van der Waals surface area contributed by atoms with Crippen LogP contribution in [0.5, 0.6) is 0 Å². The van der Waals surface area contributed by atoms with Crippen LogP contribution in [0.4, 0.5) is 0 Å². The topological polar surface area (TPSA) is 61.9 Å². The first kappa shape index (κ1) is 19.4. The minimum atomic E-state index is 0.0519. The summed E-state index contributed by atoms with van der Waals surface area (Å²) in [6.07, 6.45) is 2.09. The van der Waals surface area contributed by atoms with Crippen LogP contribution in [0.1, 0.15) is 35.7 Å². The Morgan fingerprint density at radius 2 is 1.80 bits per heavy atom. The van der Waals surface area contributed by atoms with Crippen molar-refractivity contribution in [2.45, 2.75) is 26.4 Å². The van der Waals surface area contributed by atoms with E-state index in [9.17, 15) is 9.59 Å². The lowest BCUT2D eigenvalue weighted by Crippen LogP contribution is -2.51. The van der Waals surface area contributed by atoms with E-state index in [1.807, 2.05) is 29.2 Å². The number of hydrogen-bond acceptors (Lipinski definition) is 4. The third-order valence-corrected chi connectivity index (χ3v) is 4.39. The van der Waals surface area contributed by atoms with Gasteiger partial charge in [-0.3, -0.25) is 14.5 Å². The molecule has 25 heavy (non-hydrogen) atoms. The molecule has 1 N–H and O–H groups in total. The zero-order valence-electron chi connectivity index (χ0n) is 15.3. The van der Waals surface area contributed by atoms with Crippen LogP contribution in [0.25, 0.3) is 0 Å². The number of amides is 2. The Kier molecular flexibility index (Phi) is 7.88. The van der Waals surface area contributed by atoms with Crippen LogP contribution >= 0.6 is 0 Å². The molecule has 138 valence electrons. The van der Waals surface area contributed by atoms with Crippen molar-refractivity contribution in [1.29, 1.82) is 0 Å². The largest absolute Gasteiger partial charge is 0.380 e. The average Bonchev–Trinajstić information content (AvgIpc) is 2.63. The van der Waals surface area contributed by atoms with Gasteiger partial charge in [-0.25, -0.2) is 0 Å². The van der Waals surface area contributed by atoms with E-state index in [2.05, 4.69) is 17.1 Å². The molecule has 1 aliphatic rings. The van der Waals surface area contributed by atoms with Crippen LogP contribution in [-0.2, 0) is 16.1 Å². The highest BCUT2D eigenvalue weighted by atomic mass is 16.5. The molecule has 1 aliphatic heterocycles. The van der Waals surface area contributed by atoms with Gasteiger partial charge in [-0.05, 0) is 24.1 Å². The predicted molar refractivity (Wildman–Crippen MR) is 97.4 cm³/mol. The first-order chi connectivity index (χ1) is 12.1. The molecule has 1 aromatic carbocycles. The zero-order valence-corrected chi connectivity index (χ0v) is 15.3. The van der Waals surface area contributed by atoms with Gasteiger partial charge < -0.3 is 15.0 Å². The SMILES string of the molecule is CCCCNC(=O)CN1CCN(C(=O)c2ccc(COC)cc2)CC1. The molecule has 0 saturated carbocycles. The summed E-state index contributed by atoms with van der Waals surface area (Å²) in [7, 11) is 1.66. The van der Waals surface area contributed by atoms with Gasteiger partial charge in [0.15, 0.2) is 0 Å². The van der Waals surface area contributed by atoms with Crippen LogP contribution in [0.2, 0.25) is 0 Å². The molecule has 0 aromatic heterocycles. The Morgan fingerprint density at radius 3 is 2.40 bits per heavy atom. The molecule has 0 radical (unpaired) electrons. The Morgan fingerprint density at radius 1 is 1.12 bits per heavy atom. The molecule has 0 atom stereocenters. The van der Waals surface area contributed by atoms with Crippen molar-refractivity contribution in [2.24, 2.45) is 0 Å². The minimum Gasteiger partial charge on any atom is -0.380 e. The number of rotatable bonds is 8. The van der Waals surface area contributed by atoms with Crippen molar-refractivity contribution >= 4 is 11.8 Å². The monoisotopic (exact) mass is 347 g/mol. The lowest BCUT2D eigenvalue weighted by Gasteiger charge is -2.34. The normalized spacial score (nSPS) is 15.2. The number of hydrogen-bond donors (Lipinski definition) is 1. The summed E-state index contributed by atoms with van der Waals surface area (Å²) >= 11 is 0. The van der Waals surface area contributed by atoms with Gasteiger partial charge in [0.1, 0.15) is 0 Å². The van der Waals surface area contributed by atoms with E-state index in [1.54, 1.807) is 7.11 Å². The molecule has 6 heteroatoms. The number of unbranched alkanes of at least 4 members (excludes halogenated alkanes) is 1. The van der Waals surface area contributed by atoms with E-state index in [1.165, 1.54) is 0 Å². The lowest BCUT2D eigenvalue weighted by molar-refractivity contribution is -0.122. The lowest BCUT2D eigenvalue weighted by atomic mass is 10.1. The second-order valence-corrected chi connectivity index (χ2v) is 6.40. The van der Waals surface area contributed by atoms with Gasteiger partial charge in [0.25, 0.3) is 5.91 Å². The number of methoxy groups -OCH3 is 1. The Labute approximate surface area is 150 Å². The molecule has 2 rings (SSSR count). The summed E-state index contributed by atoms with van der Waals surface area (Å²) in [6, 6.07) is 7.55. The third kappa shape index (κ3) is 6.14. The number of carbonyl (C=O) groups is 2. The van der Waals surface area contributed by atoms with Crippen molar-refractivity contribution < 1.29 is 14.3 Å². The fourth-order valence-corrected chi connectivity index (χ4v) is 2.87. The van der Waals surface area contributed by atoms with Crippen molar-refractivity contribution in [2.75, 3.05) is 46.4 Å². The number of nitrogens with zero attached hydrogens (tertiary/aromatic N) is 2. The number of nitrogens with one attached hydrogen (secondary N) is 1. The van der Waals surface area contributed by atoms with Crippen molar-refractivity contribution in [3.05, 3.63) is 35.4 Å². The molecule has 1 saturated heterocycles. The van der Waals surface area contributed by atoms with Crippen molar-refractivity contribution in [3.63, 3.8) is 0 Å². The molecular weight excluding hydrogens is 318 g/mol. The van der Waals surface area contributed by atoms with E-state index < -0.39 is 0 Å². The summed E-state index contributed by atoms with van der Waals surface area (Å²) in [5, 5.41) is 2.93. The third-order valence-electron chi connectivity index (χ3n) is 4.39. The maximum atomic E-state index is 12.6. The molecule has 0 aliphatic carbocycles. The van der Waals surface area contributed by atoms with E-state index in [4.69, 9.17) is 4.74 Å². The van der Waals surface area contributed by atoms with Gasteiger partial charge in [-0.1, -0.05) is 25.5 Å². The van der Waals surface area contributed by atoms with Crippen molar-refractivity contribution in [1.82, 2.24) is 15.1 Å². The molecular formula is C19H29N3O3. The summed E-state index contributed by atoms with van der Waals surface area (Å²) in [5.41, 5.74) is 1.75. The van der Waals surface area contributed by atoms with Gasteiger partial charge in [0, 0.05) is 45.4 Å². The maximum Gasteiger partial charge on any atom is 0.253 e. The Balaban J connectivity index is 1.77. The molecule has 0 bridgehead atoms. The quantitative estimate of drug-likeness (QED) is 0.724. The van der Waals surface area contributed by atoms with E-state index in [-0.39, 0.29) is 11.8 Å². The van der Waals surface area contributed by atoms with Gasteiger partial charge >= 0.3 is 0 Å². The molecule has 1 aromatic rings. The number of benzene rings is 1. The van der Waals surface area contributed by atoms with Gasteiger partial charge in [0.2, 0.25) is 5.91 Å². The van der Waals surface area contributed by atoms with Crippen LogP contribution in [-0.4, -0.2) is 68.0 Å². The Bertz CT molecular complexity index is 552. The summed E-state index contributed by atoms with van der Waals surface area (Å²) in [6.45, 7) is 6.58. The van der Waals surface area contributed by atoms with Crippen LogP contribution in [0.15, 0.2) is 24.3 Å². The second kappa shape index (κ2) is 10.2. The first-order valence-corrected chi connectivity index (χ1v) is 9.00. The molecule has 0 spiro atoms. The van der Waals surface area contributed by atoms with Gasteiger partial charge in [-0.2, -0.15) is 0 Å². The van der Waals surface area contributed by atoms with Crippen molar-refractivity contribution in [3.8, 4) is 0 Å². The van der Waals surface area contributed by atoms with Gasteiger partial charge in [0.05, 0.1) is 13.2 Å². The smallest absolute Gasteiger partial charge is 0.253 e. The minimum absolute atomic E-state index is 0.0519. The highest BCUT2D eigenvalue weighted by Gasteiger charge is 2.23. The van der Waals surface area contributed by atoms with E-state index in [0.29, 0.717) is 31.8 Å². The second-order valence-electron chi connectivity index (χ2n) is 6.40. The molecule has 0 unspecified atom stereocenters. The summed E-state index contributed by atoms with van der Waals surface area (Å²) in [5.74, 6) is 0.123. The Hall–Kier alpha value is -1.92. The summed E-state index contributed by atoms with van der Waals surface area (Å²) in [4.78, 5) is 28.4.